The average Bonchev–Trinajstić information content (AvgIpc) is 2.71. The SMILES string of the molecule is CC(C)CNC(N)=NCC1(CC(C)C)CCCC1. The minimum absolute atomic E-state index is 0.429. The van der Waals surface area contributed by atoms with Crippen molar-refractivity contribution in [1.29, 1.82) is 0 Å². The fourth-order valence-corrected chi connectivity index (χ4v) is 3.04. The van der Waals surface area contributed by atoms with Crippen LogP contribution in [-0.4, -0.2) is 19.0 Å². The van der Waals surface area contributed by atoms with Gasteiger partial charge in [-0.3, -0.25) is 4.99 Å². The molecule has 1 fully saturated rings. The molecular formula is C15H31N3. The van der Waals surface area contributed by atoms with Gasteiger partial charge in [0.1, 0.15) is 0 Å². The Bertz CT molecular complexity index is 263. The standard InChI is InChI=1S/C15H31N3/c1-12(2)9-15(7-5-6-8-15)11-18-14(16)17-10-13(3)4/h12-13H,5-11H2,1-4H3,(H3,16,17,18). The maximum absolute atomic E-state index is 5.93. The van der Waals surface area contributed by atoms with Gasteiger partial charge in [-0.05, 0) is 36.5 Å². The van der Waals surface area contributed by atoms with Gasteiger partial charge >= 0.3 is 0 Å². The van der Waals surface area contributed by atoms with Gasteiger partial charge in [0, 0.05) is 13.1 Å². The van der Waals surface area contributed by atoms with Gasteiger partial charge < -0.3 is 11.1 Å². The third kappa shape index (κ3) is 5.28. The van der Waals surface area contributed by atoms with E-state index >= 15 is 0 Å². The Balaban J connectivity index is 2.48. The van der Waals surface area contributed by atoms with Gasteiger partial charge in [0.25, 0.3) is 0 Å². The van der Waals surface area contributed by atoms with Gasteiger partial charge in [-0.15, -0.1) is 0 Å². The quantitative estimate of drug-likeness (QED) is 0.564. The average molecular weight is 253 g/mol. The molecule has 0 spiro atoms. The van der Waals surface area contributed by atoms with Crippen molar-refractivity contribution >= 4 is 5.96 Å². The van der Waals surface area contributed by atoms with Crippen LogP contribution in [0, 0.1) is 17.3 Å². The molecule has 1 aliphatic rings. The Hall–Kier alpha value is -0.730. The smallest absolute Gasteiger partial charge is 0.188 e. The first-order chi connectivity index (χ1) is 8.43. The van der Waals surface area contributed by atoms with Crippen LogP contribution in [0.1, 0.15) is 59.8 Å². The van der Waals surface area contributed by atoms with Crippen molar-refractivity contribution in [2.24, 2.45) is 28.0 Å². The van der Waals surface area contributed by atoms with E-state index in [2.05, 4.69) is 38.0 Å². The lowest BCUT2D eigenvalue weighted by molar-refractivity contribution is 0.245. The molecule has 0 aromatic heterocycles. The van der Waals surface area contributed by atoms with E-state index in [0.717, 1.165) is 19.0 Å². The fraction of sp³-hybridized carbons (Fsp3) is 0.933. The maximum atomic E-state index is 5.93. The second kappa shape index (κ2) is 7.01. The Labute approximate surface area is 113 Å². The van der Waals surface area contributed by atoms with E-state index in [4.69, 9.17) is 5.73 Å². The molecule has 0 aliphatic heterocycles. The molecule has 0 heterocycles. The molecule has 0 amide bonds. The van der Waals surface area contributed by atoms with E-state index in [-0.39, 0.29) is 0 Å². The molecule has 0 saturated heterocycles. The van der Waals surface area contributed by atoms with Gasteiger partial charge in [0.05, 0.1) is 0 Å². The molecule has 3 nitrogen and oxygen atoms in total. The Morgan fingerprint density at radius 2 is 1.78 bits per heavy atom. The molecule has 0 atom stereocenters. The molecule has 1 aliphatic carbocycles. The van der Waals surface area contributed by atoms with Crippen LogP contribution >= 0.6 is 0 Å². The topological polar surface area (TPSA) is 50.4 Å². The highest BCUT2D eigenvalue weighted by molar-refractivity contribution is 5.77. The van der Waals surface area contributed by atoms with E-state index in [1.54, 1.807) is 0 Å². The van der Waals surface area contributed by atoms with E-state index in [1.165, 1.54) is 32.1 Å². The summed E-state index contributed by atoms with van der Waals surface area (Å²) in [6, 6.07) is 0. The number of nitrogens with two attached hydrogens (primary N) is 1. The Morgan fingerprint density at radius 1 is 1.17 bits per heavy atom. The molecule has 1 saturated carbocycles. The van der Waals surface area contributed by atoms with Crippen molar-refractivity contribution in [2.75, 3.05) is 13.1 Å². The van der Waals surface area contributed by atoms with Crippen LogP contribution in [0.25, 0.3) is 0 Å². The second-order valence-electron chi connectivity index (χ2n) is 6.78. The molecule has 0 unspecified atom stereocenters. The van der Waals surface area contributed by atoms with Crippen molar-refractivity contribution in [2.45, 2.75) is 59.8 Å². The van der Waals surface area contributed by atoms with Crippen molar-refractivity contribution in [3.8, 4) is 0 Å². The molecule has 18 heavy (non-hydrogen) atoms. The fourth-order valence-electron chi connectivity index (χ4n) is 3.04. The van der Waals surface area contributed by atoms with Crippen LogP contribution in [0.5, 0.6) is 0 Å². The zero-order valence-corrected chi connectivity index (χ0v) is 12.6. The summed E-state index contributed by atoms with van der Waals surface area (Å²) in [7, 11) is 0. The lowest BCUT2D eigenvalue weighted by Gasteiger charge is -2.29. The summed E-state index contributed by atoms with van der Waals surface area (Å²) in [4.78, 5) is 4.59. The summed E-state index contributed by atoms with van der Waals surface area (Å²) in [5.41, 5.74) is 6.36. The van der Waals surface area contributed by atoms with Crippen molar-refractivity contribution in [3.05, 3.63) is 0 Å². The molecule has 0 bridgehead atoms. The third-order valence-corrected chi connectivity index (χ3v) is 3.78. The second-order valence-corrected chi connectivity index (χ2v) is 6.78. The van der Waals surface area contributed by atoms with Gasteiger partial charge in [-0.2, -0.15) is 0 Å². The van der Waals surface area contributed by atoms with E-state index in [0.29, 0.717) is 17.3 Å². The summed E-state index contributed by atoms with van der Waals surface area (Å²) in [6.07, 6.45) is 6.66. The largest absolute Gasteiger partial charge is 0.370 e. The first-order valence-corrected chi connectivity index (χ1v) is 7.47. The minimum atomic E-state index is 0.429. The van der Waals surface area contributed by atoms with E-state index in [1.807, 2.05) is 0 Å². The highest BCUT2D eigenvalue weighted by Crippen LogP contribution is 2.43. The zero-order chi connectivity index (χ0) is 13.6. The predicted molar refractivity (Wildman–Crippen MR) is 79.7 cm³/mol. The zero-order valence-electron chi connectivity index (χ0n) is 12.6. The Morgan fingerprint density at radius 3 is 2.28 bits per heavy atom. The summed E-state index contributed by atoms with van der Waals surface area (Å²) in [5, 5.41) is 3.20. The molecule has 1 rings (SSSR count). The maximum Gasteiger partial charge on any atom is 0.188 e. The number of hydrogen-bond acceptors (Lipinski definition) is 1. The van der Waals surface area contributed by atoms with Crippen LogP contribution in [0.15, 0.2) is 4.99 Å². The van der Waals surface area contributed by atoms with Crippen LogP contribution < -0.4 is 11.1 Å². The number of nitrogens with zero attached hydrogens (tertiary/aromatic N) is 1. The molecule has 0 aromatic carbocycles. The van der Waals surface area contributed by atoms with E-state index < -0.39 is 0 Å². The number of rotatable bonds is 6. The lowest BCUT2D eigenvalue weighted by Crippen LogP contribution is -2.35. The lowest BCUT2D eigenvalue weighted by atomic mass is 9.78. The third-order valence-electron chi connectivity index (χ3n) is 3.78. The van der Waals surface area contributed by atoms with Crippen molar-refractivity contribution in [1.82, 2.24) is 5.32 Å². The predicted octanol–water partition coefficient (Wildman–Crippen LogP) is 3.15. The van der Waals surface area contributed by atoms with Crippen LogP contribution in [0.2, 0.25) is 0 Å². The van der Waals surface area contributed by atoms with Crippen molar-refractivity contribution in [3.63, 3.8) is 0 Å². The molecule has 3 heteroatoms. The van der Waals surface area contributed by atoms with Crippen molar-refractivity contribution < 1.29 is 0 Å². The summed E-state index contributed by atoms with van der Waals surface area (Å²) in [6.45, 7) is 10.8. The normalized spacial score (nSPS) is 19.8. The number of guanidine groups is 1. The highest BCUT2D eigenvalue weighted by Gasteiger charge is 2.34. The van der Waals surface area contributed by atoms with Gasteiger partial charge in [-0.1, -0.05) is 40.5 Å². The summed E-state index contributed by atoms with van der Waals surface area (Å²) >= 11 is 0. The van der Waals surface area contributed by atoms with Crippen LogP contribution in [-0.2, 0) is 0 Å². The summed E-state index contributed by atoms with van der Waals surface area (Å²) in [5.74, 6) is 1.98. The summed E-state index contributed by atoms with van der Waals surface area (Å²) < 4.78 is 0. The molecule has 106 valence electrons. The first-order valence-electron chi connectivity index (χ1n) is 7.47. The minimum Gasteiger partial charge on any atom is -0.370 e. The van der Waals surface area contributed by atoms with Crippen LogP contribution in [0.3, 0.4) is 0 Å². The van der Waals surface area contributed by atoms with Gasteiger partial charge in [-0.25, -0.2) is 0 Å². The molecule has 0 radical (unpaired) electrons. The number of hydrogen-bond donors (Lipinski definition) is 2. The first kappa shape index (κ1) is 15.3. The van der Waals surface area contributed by atoms with Gasteiger partial charge in [0.15, 0.2) is 5.96 Å². The monoisotopic (exact) mass is 253 g/mol. The Kier molecular flexibility index (Phi) is 5.97. The number of aliphatic imine (C=N–C) groups is 1. The van der Waals surface area contributed by atoms with Gasteiger partial charge in [0.2, 0.25) is 0 Å². The molecule has 0 aromatic rings. The number of nitrogens with one attached hydrogen (secondary N) is 1. The highest BCUT2D eigenvalue weighted by atomic mass is 15.1. The van der Waals surface area contributed by atoms with Crippen LogP contribution in [0.4, 0.5) is 0 Å². The molecular weight excluding hydrogens is 222 g/mol. The van der Waals surface area contributed by atoms with E-state index in [9.17, 15) is 0 Å². The molecule has 3 N–H and O–H groups in total.